The number of amides is 1. The third-order valence-corrected chi connectivity index (χ3v) is 6.07. The van der Waals surface area contributed by atoms with E-state index >= 15 is 0 Å². The first kappa shape index (κ1) is 19.4. The number of imidazole rings is 1. The lowest BCUT2D eigenvalue weighted by molar-refractivity contribution is -0.136. The number of aromatic nitrogens is 2. The number of benzene rings is 1. The molecule has 0 spiro atoms. The first-order chi connectivity index (χ1) is 13.3. The van der Waals surface area contributed by atoms with Crippen molar-refractivity contribution in [2.75, 3.05) is 13.1 Å². The molecule has 3 aromatic rings. The van der Waals surface area contributed by atoms with E-state index in [1.165, 1.54) is 10.6 Å². The predicted octanol–water partition coefficient (Wildman–Crippen LogP) is 5.51. The van der Waals surface area contributed by atoms with Crippen molar-refractivity contribution in [3.8, 4) is 0 Å². The summed E-state index contributed by atoms with van der Waals surface area (Å²) in [5.74, 6) is -0.168. The van der Waals surface area contributed by atoms with Gasteiger partial charge in [-0.3, -0.25) is 9.20 Å². The van der Waals surface area contributed by atoms with Crippen molar-refractivity contribution in [3.05, 3.63) is 68.5 Å². The Hall–Kier alpha value is -1.87. The van der Waals surface area contributed by atoms with E-state index in [1.807, 2.05) is 30.3 Å². The van der Waals surface area contributed by atoms with Gasteiger partial charge in [0.25, 0.3) is 5.91 Å². The van der Waals surface area contributed by atoms with Gasteiger partial charge >= 0.3 is 6.18 Å². The minimum atomic E-state index is -4.58. The van der Waals surface area contributed by atoms with Crippen LogP contribution in [0.4, 0.5) is 13.2 Å². The van der Waals surface area contributed by atoms with Crippen LogP contribution in [-0.4, -0.2) is 33.3 Å². The summed E-state index contributed by atoms with van der Waals surface area (Å²) in [6.45, 7) is 1.05. The van der Waals surface area contributed by atoms with Crippen molar-refractivity contribution < 1.29 is 18.0 Å². The molecule has 4 rings (SSSR count). The molecule has 1 fully saturated rings. The van der Waals surface area contributed by atoms with E-state index in [4.69, 9.17) is 0 Å². The van der Waals surface area contributed by atoms with Gasteiger partial charge in [0.1, 0.15) is 4.60 Å². The molecule has 1 aliphatic heterocycles. The van der Waals surface area contributed by atoms with E-state index in [1.54, 1.807) is 4.90 Å². The summed E-state index contributed by atoms with van der Waals surface area (Å²) in [6.07, 6.45) is -2.32. The van der Waals surface area contributed by atoms with Gasteiger partial charge in [-0.1, -0.05) is 30.3 Å². The fraction of sp³-hybridized carbons (Fsp3) is 0.263. The number of hydrogen-bond acceptors (Lipinski definition) is 2. The lowest BCUT2D eigenvalue weighted by Crippen LogP contribution is -2.29. The van der Waals surface area contributed by atoms with Gasteiger partial charge in [-0.05, 0) is 49.9 Å². The average Bonchev–Trinajstić information content (AvgIpc) is 3.27. The Labute approximate surface area is 175 Å². The summed E-state index contributed by atoms with van der Waals surface area (Å²) >= 11 is 6.35. The maximum atomic E-state index is 13.4. The normalized spacial score (nSPS) is 17.5. The van der Waals surface area contributed by atoms with Gasteiger partial charge in [-0.2, -0.15) is 13.2 Å². The van der Waals surface area contributed by atoms with E-state index < -0.39 is 11.7 Å². The summed E-state index contributed by atoms with van der Waals surface area (Å²) in [5, 5.41) is 0. The number of rotatable bonds is 2. The van der Waals surface area contributed by atoms with Gasteiger partial charge in [0.2, 0.25) is 0 Å². The second-order valence-electron chi connectivity index (χ2n) is 6.66. The van der Waals surface area contributed by atoms with Crippen molar-refractivity contribution in [2.24, 2.45) is 0 Å². The molecule has 0 radical (unpaired) electrons. The molecule has 1 aliphatic rings. The van der Waals surface area contributed by atoms with Crippen LogP contribution >= 0.6 is 31.9 Å². The van der Waals surface area contributed by atoms with Crippen molar-refractivity contribution in [1.29, 1.82) is 0 Å². The lowest BCUT2D eigenvalue weighted by Gasteiger charge is -2.15. The van der Waals surface area contributed by atoms with Gasteiger partial charge in [0.15, 0.2) is 11.3 Å². The van der Waals surface area contributed by atoms with Crippen LogP contribution in [0.1, 0.15) is 34.0 Å². The standard InChI is InChI=1S/C19H14Br2F3N3O/c20-13-8-14(19(22,23)24)17-25-15(16(21)27(17)10-13)18(28)26-7-6-12(9-26)11-4-2-1-3-5-11/h1-5,8,10,12H,6-7,9H2. The number of alkyl halides is 3. The molecule has 2 aromatic heterocycles. The highest BCUT2D eigenvalue weighted by atomic mass is 79.9. The Morgan fingerprint density at radius 2 is 1.89 bits per heavy atom. The Balaban J connectivity index is 1.68. The van der Waals surface area contributed by atoms with Crippen molar-refractivity contribution in [1.82, 2.24) is 14.3 Å². The maximum absolute atomic E-state index is 13.4. The molecule has 0 saturated carbocycles. The Morgan fingerprint density at radius 3 is 2.57 bits per heavy atom. The van der Waals surface area contributed by atoms with E-state index in [0.29, 0.717) is 13.1 Å². The molecule has 1 saturated heterocycles. The number of nitrogens with zero attached hydrogens (tertiary/aromatic N) is 3. The fourth-order valence-electron chi connectivity index (χ4n) is 3.52. The molecular formula is C19H14Br2F3N3O. The van der Waals surface area contributed by atoms with Gasteiger partial charge in [-0.15, -0.1) is 0 Å². The Kier molecular flexibility index (Phi) is 4.99. The van der Waals surface area contributed by atoms with Gasteiger partial charge < -0.3 is 4.90 Å². The fourth-order valence-corrected chi connectivity index (χ4v) is 4.48. The molecule has 0 N–H and O–H groups in total. The molecule has 1 amide bonds. The third kappa shape index (κ3) is 3.45. The molecule has 146 valence electrons. The summed E-state index contributed by atoms with van der Waals surface area (Å²) in [5.41, 5.74) is -0.0672. The van der Waals surface area contributed by atoms with Crippen LogP contribution < -0.4 is 0 Å². The summed E-state index contributed by atoms with van der Waals surface area (Å²) in [7, 11) is 0. The summed E-state index contributed by atoms with van der Waals surface area (Å²) < 4.78 is 41.9. The largest absolute Gasteiger partial charge is 0.420 e. The predicted molar refractivity (Wildman–Crippen MR) is 105 cm³/mol. The molecule has 1 atom stereocenters. The number of likely N-dealkylation sites (tertiary alicyclic amines) is 1. The molecule has 28 heavy (non-hydrogen) atoms. The quantitative estimate of drug-likeness (QED) is 0.450. The monoisotopic (exact) mass is 515 g/mol. The second kappa shape index (κ2) is 7.18. The molecule has 9 heteroatoms. The zero-order valence-electron chi connectivity index (χ0n) is 14.4. The second-order valence-corrected chi connectivity index (χ2v) is 8.33. The summed E-state index contributed by atoms with van der Waals surface area (Å²) in [6, 6.07) is 10.8. The molecule has 1 aromatic carbocycles. The maximum Gasteiger partial charge on any atom is 0.420 e. The topological polar surface area (TPSA) is 37.6 Å². The van der Waals surface area contributed by atoms with Crippen LogP contribution in [0, 0.1) is 0 Å². The van der Waals surface area contributed by atoms with Crippen LogP contribution in [0.3, 0.4) is 0 Å². The smallest absolute Gasteiger partial charge is 0.337 e. The highest BCUT2D eigenvalue weighted by molar-refractivity contribution is 9.10. The Bertz CT molecular complexity index is 1050. The van der Waals surface area contributed by atoms with Gasteiger partial charge in [-0.25, -0.2) is 4.98 Å². The zero-order chi connectivity index (χ0) is 20.1. The first-order valence-corrected chi connectivity index (χ1v) is 10.1. The molecule has 1 unspecified atom stereocenters. The van der Waals surface area contributed by atoms with E-state index in [-0.39, 0.29) is 32.2 Å². The van der Waals surface area contributed by atoms with Crippen molar-refractivity contribution >= 4 is 43.4 Å². The van der Waals surface area contributed by atoms with Gasteiger partial charge in [0.05, 0.1) is 5.56 Å². The van der Waals surface area contributed by atoms with E-state index in [9.17, 15) is 18.0 Å². The zero-order valence-corrected chi connectivity index (χ0v) is 17.6. The molecule has 3 heterocycles. The number of carbonyl (C=O) groups is 1. The number of pyridine rings is 1. The summed E-state index contributed by atoms with van der Waals surface area (Å²) in [4.78, 5) is 18.7. The number of carbonyl (C=O) groups excluding carboxylic acids is 1. The molecule has 0 bridgehead atoms. The first-order valence-electron chi connectivity index (χ1n) is 8.54. The van der Waals surface area contributed by atoms with Crippen LogP contribution in [0.25, 0.3) is 5.65 Å². The van der Waals surface area contributed by atoms with Crippen LogP contribution in [0.2, 0.25) is 0 Å². The lowest BCUT2D eigenvalue weighted by atomic mass is 9.99. The average molecular weight is 517 g/mol. The Morgan fingerprint density at radius 1 is 1.18 bits per heavy atom. The van der Waals surface area contributed by atoms with Gasteiger partial charge in [0, 0.05) is 29.7 Å². The SMILES string of the molecule is O=C(c1nc2c(C(F)(F)F)cc(Br)cn2c1Br)N1CCC(c2ccccc2)C1. The van der Waals surface area contributed by atoms with Crippen molar-refractivity contribution in [2.45, 2.75) is 18.5 Å². The van der Waals surface area contributed by atoms with Crippen LogP contribution in [0.5, 0.6) is 0 Å². The minimum absolute atomic E-state index is 0.0164. The van der Waals surface area contributed by atoms with Crippen molar-refractivity contribution in [3.63, 3.8) is 0 Å². The highest BCUT2D eigenvalue weighted by Gasteiger charge is 2.37. The molecule has 4 nitrogen and oxygen atoms in total. The highest BCUT2D eigenvalue weighted by Crippen LogP contribution is 2.36. The van der Waals surface area contributed by atoms with Crippen LogP contribution in [-0.2, 0) is 6.18 Å². The number of fused-ring (bicyclic) bond motifs is 1. The van der Waals surface area contributed by atoms with Crippen LogP contribution in [0.15, 0.2) is 51.7 Å². The minimum Gasteiger partial charge on any atom is -0.337 e. The van der Waals surface area contributed by atoms with E-state index in [2.05, 4.69) is 36.8 Å². The number of hydrogen-bond donors (Lipinski definition) is 0. The molecular weight excluding hydrogens is 503 g/mol. The number of halogens is 5. The third-order valence-electron chi connectivity index (χ3n) is 4.88. The molecule has 0 aliphatic carbocycles. The van der Waals surface area contributed by atoms with E-state index in [0.717, 1.165) is 18.1 Å².